The molecule has 4 aliphatic rings. The summed E-state index contributed by atoms with van der Waals surface area (Å²) < 4.78 is 7.11. The van der Waals surface area contributed by atoms with Gasteiger partial charge in [0, 0.05) is 24.2 Å². The molecule has 6 heteroatoms. The van der Waals surface area contributed by atoms with Crippen molar-refractivity contribution in [3.05, 3.63) is 40.3 Å². The number of esters is 1. The van der Waals surface area contributed by atoms with Crippen molar-refractivity contribution in [1.82, 2.24) is 14.5 Å². The lowest BCUT2D eigenvalue weighted by Gasteiger charge is -2.57. The van der Waals surface area contributed by atoms with Crippen molar-refractivity contribution in [2.45, 2.75) is 103 Å². The first-order valence-electron chi connectivity index (χ1n) is 14.4. The number of para-hydroxylation sites is 2. The minimum Gasteiger partial charge on any atom is -0.461 e. The first-order valence-corrected chi connectivity index (χ1v) is 14.4. The van der Waals surface area contributed by atoms with Crippen molar-refractivity contribution >= 4 is 17.0 Å². The van der Waals surface area contributed by atoms with Gasteiger partial charge >= 0.3 is 5.97 Å². The second-order valence-corrected chi connectivity index (χ2v) is 12.4. The first-order chi connectivity index (χ1) is 17.4. The molecule has 36 heavy (non-hydrogen) atoms. The van der Waals surface area contributed by atoms with Gasteiger partial charge in [0.05, 0.1) is 17.6 Å². The van der Waals surface area contributed by atoms with Crippen LogP contribution in [0, 0.1) is 23.7 Å². The standard InChI is InChI=1S/C30H41N3O3/c1-4-36-30(35)28-29(34)33(26-8-6-5-7-25(26)31-28)24-16-22-10-9-19(3)27(17-24)32(22)23-14-20-11-18(2)12-21(13-20)15-23/h5-8,18-24,27H,4,9-17H2,1-3H3/t18-,19-,20-,21+,22+,23+,24-,27+/m1/s1. The Hall–Kier alpha value is -2.21. The summed E-state index contributed by atoms with van der Waals surface area (Å²) in [5, 5.41) is 0. The van der Waals surface area contributed by atoms with Crippen molar-refractivity contribution in [2.75, 3.05) is 6.61 Å². The minimum absolute atomic E-state index is 0.0783. The summed E-state index contributed by atoms with van der Waals surface area (Å²) in [6.07, 6.45) is 11.4. The van der Waals surface area contributed by atoms with E-state index in [0.717, 1.165) is 36.1 Å². The van der Waals surface area contributed by atoms with Gasteiger partial charge in [-0.15, -0.1) is 0 Å². The van der Waals surface area contributed by atoms with E-state index in [4.69, 9.17) is 4.74 Å². The molecule has 3 heterocycles. The number of nitrogens with zero attached hydrogens (tertiary/aromatic N) is 3. The Balaban J connectivity index is 1.35. The van der Waals surface area contributed by atoms with Gasteiger partial charge < -0.3 is 9.30 Å². The highest BCUT2D eigenvalue weighted by molar-refractivity contribution is 5.89. The summed E-state index contributed by atoms with van der Waals surface area (Å²) in [6, 6.07) is 9.53. The van der Waals surface area contributed by atoms with Crippen LogP contribution in [0.3, 0.4) is 0 Å². The Morgan fingerprint density at radius 3 is 2.44 bits per heavy atom. The zero-order chi connectivity index (χ0) is 25.0. The zero-order valence-electron chi connectivity index (χ0n) is 22.1. The fourth-order valence-corrected chi connectivity index (χ4v) is 8.67. The number of piperidine rings is 2. The van der Waals surface area contributed by atoms with E-state index < -0.39 is 5.97 Å². The number of carbonyl (C=O) groups is 1. The van der Waals surface area contributed by atoms with Gasteiger partial charge in [-0.3, -0.25) is 9.69 Å². The van der Waals surface area contributed by atoms with Crippen LogP contribution in [0.15, 0.2) is 29.1 Å². The molecule has 4 fully saturated rings. The molecule has 2 aliphatic carbocycles. The lowest BCUT2D eigenvalue weighted by atomic mass is 9.65. The molecule has 6 rings (SSSR count). The summed E-state index contributed by atoms with van der Waals surface area (Å²) in [7, 11) is 0. The molecule has 0 spiro atoms. The number of hydrogen-bond acceptors (Lipinski definition) is 5. The van der Waals surface area contributed by atoms with Crippen LogP contribution in [0.25, 0.3) is 11.0 Å². The van der Waals surface area contributed by atoms with Gasteiger partial charge in [0.1, 0.15) is 0 Å². The zero-order valence-corrected chi connectivity index (χ0v) is 22.1. The quantitative estimate of drug-likeness (QED) is 0.522. The number of fused-ring (bicyclic) bond motifs is 5. The molecule has 0 unspecified atom stereocenters. The highest BCUT2D eigenvalue weighted by Crippen LogP contribution is 2.49. The Bertz CT molecular complexity index is 1170. The normalized spacial score (nSPS) is 36.5. The third kappa shape index (κ3) is 4.19. The van der Waals surface area contributed by atoms with Crippen LogP contribution in [-0.2, 0) is 4.74 Å². The molecular weight excluding hydrogens is 450 g/mol. The maximum Gasteiger partial charge on any atom is 0.362 e. The van der Waals surface area contributed by atoms with Gasteiger partial charge in [0.25, 0.3) is 5.56 Å². The summed E-state index contributed by atoms with van der Waals surface area (Å²) >= 11 is 0. The third-order valence-corrected chi connectivity index (χ3v) is 9.87. The van der Waals surface area contributed by atoms with Gasteiger partial charge in [0.2, 0.25) is 5.69 Å². The van der Waals surface area contributed by atoms with E-state index in [9.17, 15) is 9.59 Å². The number of aromatic nitrogens is 2. The van der Waals surface area contributed by atoms with Gasteiger partial charge in [-0.05, 0) is 101 Å². The van der Waals surface area contributed by atoms with Crippen molar-refractivity contribution in [1.29, 1.82) is 0 Å². The smallest absolute Gasteiger partial charge is 0.362 e. The molecule has 6 nitrogen and oxygen atoms in total. The molecule has 194 valence electrons. The van der Waals surface area contributed by atoms with Crippen LogP contribution >= 0.6 is 0 Å². The van der Waals surface area contributed by atoms with E-state index in [2.05, 4.69) is 23.7 Å². The second-order valence-electron chi connectivity index (χ2n) is 12.4. The molecule has 8 atom stereocenters. The molecule has 0 amide bonds. The molecule has 2 saturated heterocycles. The van der Waals surface area contributed by atoms with Crippen LogP contribution in [0.5, 0.6) is 0 Å². The van der Waals surface area contributed by atoms with E-state index >= 15 is 0 Å². The minimum atomic E-state index is -0.615. The van der Waals surface area contributed by atoms with Crippen LogP contribution in [0.1, 0.15) is 95.1 Å². The van der Waals surface area contributed by atoms with Crippen LogP contribution in [-0.4, -0.2) is 45.2 Å². The molecule has 2 aromatic rings. The van der Waals surface area contributed by atoms with E-state index in [0.29, 0.717) is 29.6 Å². The van der Waals surface area contributed by atoms with Crippen molar-refractivity contribution < 1.29 is 9.53 Å². The summed E-state index contributed by atoms with van der Waals surface area (Å²) in [6.45, 7) is 6.85. The number of rotatable bonds is 4. The summed E-state index contributed by atoms with van der Waals surface area (Å²) in [4.78, 5) is 33.8. The third-order valence-electron chi connectivity index (χ3n) is 9.87. The first kappa shape index (κ1) is 24.1. The Kier molecular flexibility index (Phi) is 6.43. The van der Waals surface area contributed by atoms with Gasteiger partial charge in [-0.25, -0.2) is 9.78 Å². The van der Waals surface area contributed by atoms with Gasteiger partial charge in [-0.2, -0.15) is 0 Å². The number of hydrogen-bond donors (Lipinski definition) is 0. The number of carbonyl (C=O) groups excluding carboxylic acids is 1. The van der Waals surface area contributed by atoms with E-state index in [-0.39, 0.29) is 23.9 Å². The SMILES string of the molecule is CCOC(=O)c1nc2ccccc2n([C@@H]2C[C@@H]3CC[C@@H](C)[C@H](C2)N3[C@H]2C[C@@H]3C[C@@H](C)C[C@@H](C3)C2)c1=O. The fraction of sp³-hybridized carbons (Fsp3) is 0.700. The van der Waals surface area contributed by atoms with Crippen LogP contribution < -0.4 is 5.56 Å². The van der Waals surface area contributed by atoms with Crippen LogP contribution in [0.4, 0.5) is 0 Å². The molecule has 4 bridgehead atoms. The Morgan fingerprint density at radius 2 is 1.69 bits per heavy atom. The lowest BCUT2D eigenvalue weighted by Crippen LogP contribution is -2.61. The highest BCUT2D eigenvalue weighted by atomic mass is 16.5. The maximum atomic E-state index is 13.7. The topological polar surface area (TPSA) is 64.4 Å². The fourth-order valence-electron chi connectivity index (χ4n) is 8.67. The molecule has 2 saturated carbocycles. The molecule has 1 aromatic carbocycles. The predicted molar refractivity (Wildman–Crippen MR) is 141 cm³/mol. The van der Waals surface area contributed by atoms with Gasteiger partial charge in [-0.1, -0.05) is 26.0 Å². The Labute approximate surface area is 214 Å². The molecule has 0 N–H and O–H groups in total. The van der Waals surface area contributed by atoms with E-state index in [1.165, 1.54) is 44.9 Å². The maximum absolute atomic E-state index is 13.7. The number of benzene rings is 1. The van der Waals surface area contributed by atoms with Crippen molar-refractivity contribution in [3.8, 4) is 0 Å². The van der Waals surface area contributed by atoms with Crippen LogP contribution in [0.2, 0.25) is 0 Å². The lowest BCUT2D eigenvalue weighted by molar-refractivity contribution is -0.0723. The largest absolute Gasteiger partial charge is 0.461 e. The molecule has 1 aromatic heterocycles. The van der Waals surface area contributed by atoms with Crippen molar-refractivity contribution in [3.63, 3.8) is 0 Å². The molecular formula is C30H41N3O3. The number of ether oxygens (including phenoxy) is 1. The molecule has 0 radical (unpaired) electrons. The second kappa shape index (κ2) is 9.59. The Morgan fingerprint density at radius 1 is 0.944 bits per heavy atom. The molecule has 2 aliphatic heterocycles. The van der Waals surface area contributed by atoms with Gasteiger partial charge in [0.15, 0.2) is 0 Å². The summed E-state index contributed by atoms with van der Waals surface area (Å²) in [5.74, 6) is 2.68. The highest BCUT2D eigenvalue weighted by Gasteiger charge is 2.48. The predicted octanol–water partition coefficient (Wildman–Crippen LogP) is 5.59. The average Bonchev–Trinajstić information content (AvgIpc) is 2.85. The van der Waals surface area contributed by atoms with E-state index in [1.54, 1.807) is 6.92 Å². The average molecular weight is 492 g/mol. The monoisotopic (exact) mass is 491 g/mol. The summed E-state index contributed by atoms with van der Waals surface area (Å²) in [5.41, 5.74) is 1.15. The van der Waals surface area contributed by atoms with Crippen molar-refractivity contribution in [2.24, 2.45) is 23.7 Å². The van der Waals surface area contributed by atoms with E-state index in [1.807, 2.05) is 28.8 Å².